The van der Waals surface area contributed by atoms with Crippen molar-refractivity contribution in [3.8, 4) is 0 Å². The van der Waals surface area contributed by atoms with Gasteiger partial charge in [-0.2, -0.15) is 4.31 Å². The van der Waals surface area contributed by atoms with Crippen molar-refractivity contribution in [1.29, 1.82) is 0 Å². The molecule has 1 aromatic rings. The lowest BCUT2D eigenvalue weighted by molar-refractivity contribution is -0.121. The number of pyridine rings is 1. The topological polar surface area (TPSA) is 82.6 Å². The highest BCUT2D eigenvalue weighted by molar-refractivity contribution is 7.88. The van der Waals surface area contributed by atoms with E-state index < -0.39 is 10.0 Å². The Balaban J connectivity index is 1.83. The van der Waals surface area contributed by atoms with Gasteiger partial charge in [0.2, 0.25) is 15.9 Å². The number of aromatic nitrogens is 1. The molecular formula is C15H24N4O3S. The van der Waals surface area contributed by atoms with Crippen LogP contribution in [0, 0.1) is 0 Å². The van der Waals surface area contributed by atoms with Gasteiger partial charge in [0.25, 0.3) is 0 Å². The van der Waals surface area contributed by atoms with Crippen LogP contribution >= 0.6 is 0 Å². The molecule has 0 spiro atoms. The zero-order valence-corrected chi connectivity index (χ0v) is 14.5. The smallest absolute Gasteiger partial charge is 0.235 e. The first kappa shape index (κ1) is 17.7. The second-order valence-electron chi connectivity index (χ2n) is 5.87. The highest BCUT2D eigenvalue weighted by Gasteiger charge is 2.15. The van der Waals surface area contributed by atoms with Crippen LogP contribution in [0.25, 0.3) is 0 Å². The maximum atomic E-state index is 11.7. The van der Waals surface area contributed by atoms with Gasteiger partial charge in [-0.3, -0.25) is 4.79 Å². The maximum Gasteiger partial charge on any atom is 0.235 e. The Kier molecular flexibility index (Phi) is 5.95. The van der Waals surface area contributed by atoms with Gasteiger partial charge in [-0.05, 0) is 30.9 Å². The van der Waals surface area contributed by atoms with Crippen molar-refractivity contribution >= 4 is 21.7 Å². The number of hydrogen-bond acceptors (Lipinski definition) is 5. The lowest BCUT2D eigenvalue weighted by atomic mass is 10.1. The van der Waals surface area contributed by atoms with E-state index >= 15 is 0 Å². The number of piperidine rings is 1. The summed E-state index contributed by atoms with van der Waals surface area (Å²) in [4.78, 5) is 18.5. The Labute approximate surface area is 137 Å². The van der Waals surface area contributed by atoms with Gasteiger partial charge in [-0.15, -0.1) is 0 Å². The molecule has 8 heteroatoms. The average molecular weight is 340 g/mol. The van der Waals surface area contributed by atoms with E-state index in [4.69, 9.17) is 0 Å². The molecule has 0 bridgehead atoms. The molecule has 0 aliphatic carbocycles. The van der Waals surface area contributed by atoms with Crippen LogP contribution in [0.15, 0.2) is 18.3 Å². The quantitative estimate of drug-likeness (QED) is 0.819. The standard InChI is InChI=1S/C15H24N4O3S/c1-18(23(2,21)22)12-15(20)17-11-13-6-7-14(16-10-13)19-8-4-3-5-9-19/h6-7,10H,3-5,8-9,11-12H2,1-2H3,(H,17,20). The van der Waals surface area contributed by atoms with Gasteiger partial charge >= 0.3 is 0 Å². The van der Waals surface area contributed by atoms with E-state index in [1.54, 1.807) is 6.20 Å². The van der Waals surface area contributed by atoms with Crippen molar-refractivity contribution in [2.45, 2.75) is 25.8 Å². The molecule has 2 rings (SSSR count). The number of nitrogens with one attached hydrogen (secondary N) is 1. The third kappa shape index (κ3) is 5.47. The minimum absolute atomic E-state index is 0.182. The van der Waals surface area contributed by atoms with Crippen LogP contribution in [0.5, 0.6) is 0 Å². The number of carbonyl (C=O) groups excluding carboxylic acids is 1. The van der Waals surface area contributed by atoms with Gasteiger partial charge in [-0.1, -0.05) is 6.07 Å². The maximum absolute atomic E-state index is 11.7. The third-order valence-corrected chi connectivity index (χ3v) is 5.17. The van der Waals surface area contributed by atoms with Crippen LogP contribution in [-0.2, 0) is 21.4 Å². The highest BCUT2D eigenvalue weighted by atomic mass is 32.2. The highest BCUT2D eigenvalue weighted by Crippen LogP contribution is 2.17. The first-order chi connectivity index (χ1) is 10.9. The fourth-order valence-electron chi connectivity index (χ4n) is 2.41. The number of amides is 1. The van der Waals surface area contributed by atoms with Crippen molar-refractivity contribution in [2.24, 2.45) is 0 Å². The molecule has 0 radical (unpaired) electrons. The van der Waals surface area contributed by atoms with E-state index in [0.717, 1.165) is 35.0 Å². The molecule has 2 heterocycles. The summed E-state index contributed by atoms with van der Waals surface area (Å²) in [6, 6.07) is 3.91. The number of anilines is 1. The lowest BCUT2D eigenvalue weighted by Gasteiger charge is -2.27. The molecule has 128 valence electrons. The predicted molar refractivity (Wildman–Crippen MR) is 89.6 cm³/mol. The molecule has 0 atom stereocenters. The zero-order chi connectivity index (χ0) is 16.9. The van der Waals surface area contributed by atoms with Gasteiger partial charge in [0.15, 0.2) is 0 Å². The summed E-state index contributed by atoms with van der Waals surface area (Å²) >= 11 is 0. The van der Waals surface area contributed by atoms with E-state index in [0.29, 0.717) is 6.54 Å². The molecule has 1 fully saturated rings. The first-order valence-corrected chi connectivity index (χ1v) is 9.59. The molecule has 1 N–H and O–H groups in total. The van der Waals surface area contributed by atoms with Crippen LogP contribution in [0.4, 0.5) is 5.82 Å². The molecule has 0 aromatic carbocycles. The molecule has 7 nitrogen and oxygen atoms in total. The molecule has 0 saturated carbocycles. The summed E-state index contributed by atoms with van der Waals surface area (Å²) in [5.74, 6) is 0.634. The van der Waals surface area contributed by atoms with Gasteiger partial charge in [0, 0.05) is 32.9 Å². The number of carbonyl (C=O) groups is 1. The van der Waals surface area contributed by atoms with Crippen molar-refractivity contribution in [2.75, 3.05) is 37.8 Å². The van der Waals surface area contributed by atoms with Crippen molar-refractivity contribution in [1.82, 2.24) is 14.6 Å². The SMILES string of the molecule is CN(CC(=O)NCc1ccc(N2CCCCC2)nc1)S(C)(=O)=O. The number of hydrogen-bond donors (Lipinski definition) is 1. The Bertz CT molecular complexity index is 625. The summed E-state index contributed by atoms with van der Waals surface area (Å²) in [5, 5.41) is 2.70. The van der Waals surface area contributed by atoms with E-state index in [1.165, 1.54) is 26.3 Å². The molecule has 1 aliphatic heterocycles. The van der Waals surface area contributed by atoms with Crippen LogP contribution < -0.4 is 10.2 Å². The monoisotopic (exact) mass is 340 g/mol. The van der Waals surface area contributed by atoms with E-state index in [-0.39, 0.29) is 12.5 Å². The summed E-state index contributed by atoms with van der Waals surface area (Å²) < 4.78 is 23.5. The molecule has 1 saturated heterocycles. The second kappa shape index (κ2) is 7.74. The van der Waals surface area contributed by atoms with E-state index in [1.807, 2.05) is 12.1 Å². The van der Waals surface area contributed by atoms with Crippen molar-refractivity contribution < 1.29 is 13.2 Å². The molecule has 23 heavy (non-hydrogen) atoms. The number of rotatable bonds is 6. The summed E-state index contributed by atoms with van der Waals surface area (Å²) in [5.41, 5.74) is 0.890. The number of sulfonamides is 1. The minimum Gasteiger partial charge on any atom is -0.357 e. The molecule has 0 unspecified atom stereocenters. The normalized spacial score (nSPS) is 15.7. The Morgan fingerprint density at radius 3 is 2.57 bits per heavy atom. The van der Waals surface area contributed by atoms with Gasteiger partial charge in [0.05, 0.1) is 12.8 Å². The van der Waals surface area contributed by atoms with Crippen LogP contribution in [0.3, 0.4) is 0 Å². The fourth-order valence-corrected chi connectivity index (χ4v) is 2.76. The summed E-state index contributed by atoms with van der Waals surface area (Å²) in [6.45, 7) is 2.24. The van der Waals surface area contributed by atoms with Crippen LogP contribution in [-0.4, -0.2) is 56.6 Å². The lowest BCUT2D eigenvalue weighted by Crippen LogP contribution is -2.37. The molecule has 1 amide bonds. The largest absolute Gasteiger partial charge is 0.357 e. The first-order valence-electron chi connectivity index (χ1n) is 7.74. The second-order valence-corrected chi connectivity index (χ2v) is 7.96. The summed E-state index contributed by atoms with van der Waals surface area (Å²) in [6.07, 6.45) is 6.51. The van der Waals surface area contributed by atoms with Gasteiger partial charge in [0.1, 0.15) is 5.82 Å². The predicted octanol–water partition coefficient (Wildman–Crippen LogP) is 0.580. The summed E-state index contributed by atoms with van der Waals surface area (Å²) in [7, 11) is -1.97. The fraction of sp³-hybridized carbons (Fsp3) is 0.600. The van der Waals surface area contributed by atoms with Crippen LogP contribution in [0.1, 0.15) is 24.8 Å². The average Bonchev–Trinajstić information content (AvgIpc) is 2.53. The molecule has 1 aromatic heterocycles. The van der Waals surface area contributed by atoms with E-state index in [2.05, 4.69) is 15.2 Å². The molecular weight excluding hydrogens is 316 g/mol. The minimum atomic E-state index is -3.34. The number of likely N-dealkylation sites (N-methyl/N-ethyl adjacent to an activating group) is 1. The number of nitrogens with zero attached hydrogens (tertiary/aromatic N) is 3. The molecule has 1 aliphatic rings. The van der Waals surface area contributed by atoms with Crippen LogP contribution in [0.2, 0.25) is 0 Å². The van der Waals surface area contributed by atoms with Gasteiger partial charge in [-0.25, -0.2) is 13.4 Å². The van der Waals surface area contributed by atoms with Gasteiger partial charge < -0.3 is 10.2 Å². The third-order valence-electron chi connectivity index (χ3n) is 3.91. The van der Waals surface area contributed by atoms with Crippen molar-refractivity contribution in [3.05, 3.63) is 23.9 Å². The zero-order valence-electron chi connectivity index (χ0n) is 13.7. The Morgan fingerprint density at radius 1 is 1.30 bits per heavy atom. The van der Waals surface area contributed by atoms with Crippen molar-refractivity contribution in [3.63, 3.8) is 0 Å². The Hall–Kier alpha value is -1.67. The Morgan fingerprint density at radius 2 is 2.00 bits per heavy atom. The van der Waals surface area contributed by atoms with E-state index in [9.17, 15) is 13.2 Å².